The summed E-state index contributed by atoms with van der Waals surface area (Å²) < 4.78 is 1.42. The van der Waals surface area contributed by atoms with Crippen LogP contribution in [0.5, 0.6) is 0 Å². The average molecular weight is 396 g/mol. The van der Waals surface area contributed by atoms with Gasteiger partial charge in [-0.3, -0.25) is 14.2 Å². The van der Waals surface area contributed by atoms with Crippen molar-refractivity contribution in [2.75, 3.05) is 5.32 Å². The van der Waals surface area contributed by atoms with E-state index in [1.165, 1.54) is 15.8 Å². The van der Waals surface area contributed by atoms with E-state index in [0.717, 1.165) is 35.3 Å². The fourth-order valence-corrected chi connectivity index (χ4v) is 5.19. The van der Waals surface area contributed by atoms with Crippen molar-refractivity contribution in [2.45, 2.75) is 46.6 Å². The summed E-state index contributed by atoms with van der Waals surface area (Å²) in [4.78, 5) is 32.0. The lowest BCUT2D eigenvalue weighted by atomic mass is 9.72. The third-order valence-corrected chi connectivity index (χ3v) is 6.79. The van der Waals surface area contributed by atoms with Crippen LogP contribution in [-0.4, -0.2) is 15.5 Å². The minimum absolute atomic E-state index is 0.0358. The number of aromatic nitrogens is 2. The molecule has 1 aliphatic rings. The number of nitrogens with one attached hydrogen (secondary N) is 1. The zero-order valence-corrected chi connectivity index (χ0v) is 17.3. The van der Waals surface area contributed by atoms with E-state index in [9.17, 15) is 9.59 Å². The lowest BCUT2D eigenvalue weighted by Crippen LogP contribution is -2.29. The van der Waals surface area contributed by atoms with Crippen LogP contribution in [0.2, 0.25) is 0 Å². The summed E-state index contributed by atoms with van der Waals surface area (Å²) in [6.45, 7) is 6.82. The molecule has 1 atom stereocenters. The Morgan fingerprint density at radius 3 is 2.75 bits per heavy atom. The Morgan fingerprint density at radius 1 is 1.29 bits per heavy atom. The maximum atomic E-state index is 13.1. The second-order valence-corrected chi connectivity index (χ2v) is 9.67. The molecule has 0 fully saturated rings. The maximum absolute atomic E-state index is 13.1. The van der Waals surface area contributed by atoms with Gasteiger partial charge >= 0.3 is 0 Å². The minimum Gasteiger partial charge on any atom is -0.325 e. The van der Waals surface area contributed by atoms with Crippen LogP contribution in [0.25, 0.3) is 10.2 Å². The molecule has 1 aromatic carbocycles. The number of carbonyl (C=O) groups is 1. The van der Waals surface area contributed by atoms with Crippen LogP contribution in [-0.2, 0) is 24.2 Å². The molecule has 1 amide bonds. The number of para-hydroxylation sites is 1. The Kier molecular flexibility index (Phi) is 4.83. The average Bonchev–Trinajstić information content (AvgIpc) is 3.02. The number of rotatable bonds is 3. The lowest BCUT2D eigenvalue weighted by molar-refractivity contribution is -0.116. The lowest BCUT2D eigenvalue weighted by Gasteiger charge is -2.33. The van der Waals surface area contributed by atoms with E-state index >= 15 is 0 Å². The van der Waals surface area contributed by atoms with Gasteiger partial charge in [-0.05, 0) is 48.3 Å². The molecule has 0 spiro atoms. The number of hydrogen-bond donors (Lipinski definition) is 1. The topological polar surface area (TPSA) is 64.0 Å². The quantitative estimate of drug-likeness (QED) is 0.721. The Hall–Kier alpha value is -2.47. The Bertz CT molecular complexity index is 1080. The normalized spacial score (nSPS) is 16.8. The van der Waals surface area contributed by atoms with Gasteiger partial charge in [0.25, 0.3) is 5.56 Å². The number of thiophene rings is 1. The zero-order chi connectivity index (χ0) is 19.9. The Labute approximate surface area is 168 Å². The van der Waals surface area contributed by atoms with E-state index in [-0.39, 0.29) is 23.4 Å². The first-order chi connectivity index (χ1) is 13.3. The molecule has 28 heavy (non-hydrogen) atoms. The molecule has 2 heterocycles. The van der Waals surface area contributed by atoms with Gasteiger partial charge < -0.3 is 5.32 Å². The molecule has 1 aliphatic carbocycles. The first-order valence-corrected chi connectivity index (χ1v) is 10.5. The minimum atomic E-state index is -0.230. The number of fused-ring (bicyclic) bond motifs is 3. The van der Waals surface area contributed by atoms with Gasteiger partial charge in [0.15, 0.2) is 0 Å². The molecule has 1 N–H and O–H groups in total. The van der Waals surface area contributed by atoms with Crippen molar-refractivity contribution in [3.8, 4) is 0 Å². The molecule has 146 valence electrons. The van der Waals surface area contributed by atoms with Gasteiger partial charge in [0.1, 0.15) is 11.4 Å². The van der Waals surface area contributed by atoms with Gasteiger partial charge in [-0.2, -0.15) is 0 Å². The molecule has 0 saturated heterocycles. The summed E-state index contributed by atoms with van der Waals surface area (Å²) in [5.41, 5.74) is 2.02. The van der Waals surface area contributed by atoms with E-state index in [0.29, 0.717) is 11.3 Å². The Morgan fingerprint density at radius 2 is 2.04 bits per heavy atom. The highest BCUT2D eigenvalue weighted by Crippen LogP contribution is 2.41. The van der Waals surface area contributed by atoms with E-state index in [1.807, 2.05) is 30.3 Å². The van der Waals surface area contributed by atoms with Crippen LogP contribution < -0.4 is 10.9 Å². The summed E-state index contributed by atoms with van der Waals surface area (Å²) in [7, 11) is 0. The van der Waals surface area contributed by atoms with Crippen LogP contribution in [0, 0.1) is 11.3 Å². The molecule has 0 radical (unpaired) electrons. The first kappa shape index (κ1) is 18.9. The van der Waals surface area contributed by atoms with Crippen molar-refractivity contribution in [3.63, 3.8) is 0 Å². The fraction of sp³-hybridized carbons (Fsp3) is 0.409. The van der Waals surface area contributed by atoms with Gasteiger partial charge in [-0.25, -0.2) is 4.98 Å². The molecular formula is C22H25N3O2S. The van der Waals surface area contributed by atoms with E-state index < -0.39 is 0 Å². The summed E-state index contributed by atoms with van der Waals surface area (Å²) in [6, 6.07) is 9.25. The predicted octanol–water partition coefficient (Wildman–Crippen LogP) is 4.25. The SMILES string of the molecule is CC(C)(C)C1CCc2c(sc3ncn(CC(=O)Nc4ccccc4)c(=O)c23)C1. The number of carbonyl (C=O) groups excluding carboxylic acids is 1. The highest BCUT2D eigenvalue weighted by molar-refractivity contribution is 7.18. The third kappa shape index (κ3) is 3.61. The van der Waals surface area contributed by atoms with Crippen molar-refractivity contribution in [1.29, 1.82) is 0 Å². The monoisotopic (exact) mass is 395 g/mol. The third-order valence-electron chi connectivity index (χ3n) is 5.63. The Balaban J connectivity index is 1.61. The highest BCUT2D eigenvalue weighted by atomic mass is 32.1. The number of benzene rings is 1. The van der Waals surface area contributed by atoms with Crippen molar-refractivity contribution in [1.82, 2.24) is 9.55 Å². The molecule has 5 nitrogen and oxygen atoms in total. The summed E-state index contributed by atoms with van der Waals surface area (Å²) in [5, 5.41) is 3.53. The van der Waals surface area contributed by atoms with Gasteiger partial charge in [-0.1, -0.05) is 39.0 Å². The van der Waals surface area contributed by atoms with Gasteiger partial charge in [-0.15, -0.1) is 11.3 Å². The molecular weight excluding hydrogens is 370 g/mol. The van der Waals surface area contributed by atoms with Crippen molar-refractivity contribution < 1.29 is 4.79 Å². The maximum Gasteiger partial charge on any atom is 0.262 e. The molecule has 4 rings (SSSR count). The highest BCUT2D eigenvalue weighted by Gasteiger charge is 2.31. The van der Waals surface area contributed by atoms with Crippen LogP contribution in [0.4, 0.5) is 5.69 Å². The molecule has 3 aromatic rings. The van der Waals surface area contributed by atoms with Crippen LogP contribution in [0.1, 0.15) is 37.6 Å². The van der Waals surface area contributed by atoms with Gasteiger partial charge in [0.2, 0.25) is 5.91 Å². The number of amides is 1. The second-order valence-electron chi connectivity index (χ2n) is 8.58. The number of aryl methyl sites for hydroxylation is 1. The van der Waals surface area contributed by atoms with E-state index in [2.05, 4.69) is 31.1 Å². The van der Waals surface area contributed by atoms with Crippen molar-refractivity contribution >= 4 is 33.1 Å². The standard InChI is InChI=1S/C22H25N3O2S/c1-22(2,3)14-9-10-16-17(11-14)28-20-19(16)21(27)25(13-23-20)12-18(26)24-15-7-5-4-6-8-15/h4-8,13-14H,9-12H2,1-3H3,(H,24,26). The first-order valence-electron chi connectivity index (χ1n) is 9.67. The predicted molar refractivity (Wildman–Crippen MR) is 114 cm³/mol. The van der Waals surface area contributed by atoms with E-state index in [1.54, 1.807) is 11.3 Å². The fourth-order valence-electron chi connectivity index (χ4n) is 3.93. The summed E-state index contributed by atoms with van der Waals surface area (Å²) in [6.07, 6.45) is 4.51. The molecule has 0 saturated carbocycles. The van der Waals surface area contributed by atoms with Gasteiger partial charge in [0, 0.05) is 10.6 Å². The molecule has 6 heteroatoms. The second kappa shape index (κ2) is 7.17. The molecule has 0 aliphatic heterocycles. The zero-order valence-electron chi connectivity index (χ0n) is 16.5. The van der Waals surface area contributed by atoms with Crippen LogP contribution in [0.15, 0.2) is 41.5 Å². The largest absolute Gasteiger partial charge is 0.325 e. The molecule has 1 unspecified atom stereocenters. The van der Waals surface area contributed by atoms with Crippen LogP contribution in [0.3, 0.4) is 0 Å². The van der Waals surface area contributed by atoms with E-state index in [4.69, 9.17) is 0 Å². The number of anilines is 1. The van der Waals surface area contributed by atoms with Gasteiger partial charge in [0.05, 0.1) is 11.7 Å². The molecule has 0 bridgehead atoms. The summed E-state index contributed by atoms with van der Waals surface area (Å²) >= 11 is 1.64. The number of nitrogens with zero attached hydrogens (tertiary/aromatic N) is 2. The van der Waals surface area contributed by atoms with Crippen molar-refractivity contribution in [3.05, 3.63) is 57.5 Å². The molecule has 2 aromatic heterocycles. The van der Waals surface area contributed by atoms with Crippen LogP contribution >= 0.6 is 11.3 Å². The smallest absolute Gasteiger partial charge is 0.262 e. The summed E-state index contributed by atoms with van der Waals surface area (Å²) in [5.74, 6) is 0.387. The number of hydrogen-bond acceptors (Lipinski definition) is 4. The van der Waals surface area contributed by atoms with Crippen molar-refractivity contribution in [2.24, 2.45) is 11.3 Å².